The highest BCUT2D eigenvalue weighted by molar-refractivity contribution is 7.98. The summed E-state index contributed by atoms with van der Waals surface area (Å²) >= 11 is 1.53. The van der Waals surface area contributed by atoms with Gasteiger partial charge in [0.25, 0.3) is 0 Å². The normalized spacial score (nSPS) is 21.1. The summed E-state index contributed by atoms with van der Waals surface area (Å²) in [5.74, 6) is -1.51. The number of hydrogen-bond acceptors (Lipinski definition) is 6. The van der Waals surface area contributed by atoms with E-state index in [9.17, 15) is 21.9 Å². The molecule has 1 aliphatic rings. The van der Waals surface area contributed by atoms with Crippen molar-refractivity contribution in [1.29, 1.82) is 0 Å². The van der Waals surface area contributed by atoms with Gasteiger partial charge in [-0.25, -0.2) is 4.79 Å². The minimum absolute atomic E-state index is 0.0596. The Balaban J connectivity index is 2.76. The molecule has 2 unspecified atom stereocenters. The first kappa shape index (κ1) is 17.2. The molecule has 0 saturated carbocycles. The highest BCUT2D eigenvalue weighted by Crippen LogP contribution is 2.24. The summed E-state index contributed by atoms with van der Waals surface area (Å²) in [5.41, 5.74) is 0. The van der Waals surface area contributed by atoms with Crippen molar-refractivity contribution < 1.29 is 26.6 Å². The molecule has 9 heteroatoms. The van der Waals surface area contributed by atoms with Gasteiger partial charge in [-0.2, -0.15) is 20.2 Å². The largest absolute Gasteiger partial charge is 0.467 e. The van der Waals surface area contributed by atoms with Crippen LogP contribution in [0.5, 0.6) is 0 Å². The molecular weight excluding hydrogens is 309 g/mol. The molecule has 0 aromatic heterocycles. The van der Waals surface area contributed by atoms with E-state index in [1.165, 1.54) is 23.8 Å². The Morgan fingerprint density at radius 2 is 2.25 bits per heavy atom. The predicted molar refractivity (Wildman–Crippen MR) is 73.5 cm³/mol. The summed E-state index contributed by atoms with van der Waals surface area (Å²) in [4.78, 5) is 24.9. The summed E-state index contributed by atoms with van der Waals surface area (Å²) in [7, 11) is -3.39. The smallest absolute Gasteiger partial charge is 0.328 e. The molecule has 1 amide bonds. The molecule has 2 atom stereocenters. The first-order chi connectivity index (χ1) is 9.28. The van der Waals surface area contributed by atoms with E-state index < -0.39 is 33.9 Å². The van der Waals surface area contributed by atoms with Crippen LogP contribution in [0.3, 0.4) is 0 Å². The Kier molecular flexibility index (Phi) is 6.25. The molecule has 1 rings (SSSR count). The number of methoxy groups -OCH3 is 1. The number of nitrogens with zero attached hydrogens (tertiary/aromatic N) is 1. The molecule has 0 bridgehead atoms. The Morgan fingerprint density at radius 3 is 2.75 bits per heavy atom. The lowest BCUT2D eigenvalue weighted by atomic mass is 10.1. The maximum Gasteiger partial charge on any atom is 0.328 e. The van der Waals surface area contributed by atoms with Crippen molar-refractivity contribution in [3.63, 3.8) is 0 Å². The number of carbonyl (C=O) groups is 2. The predicted octanol–water partition coefficient (Wildman–Crippen LogP) is 0.429. The van der Waals surface area contributed by atoms with E-state index in [0.29, 0.717) is 12.2 Å². The average Bonchev–Trinajstić information content (AvgIpc) is 2.68. The fourth-order valence-electron chi connectivity index (χ4n) is 2.27. The first-order valence-corrected chi connectivity index (χ1v) is 9.01. The third-order valence-electron chi connectivity index (χ3n) is 3.12. The second-order valence-corrected chi connectivity index (χ2v) is 7.04. The van der Waals surface area contributed by atoms with Crippen molar-refractivity contribution in [2.24, 2.45) is 5.92 Å². The molecule has 1 aliphatic heterocycles. The van der Waals surface area contributed by atoms with Gasteiger partial charge in [-0.05, 0) is 18.4 Å². The fraction of sp³-hybridized carbons (Fsp3) is 0.818. The van der Waals surface area contributed by atoms with Crippen molar-refractivity contribution in [2.45, 2.75) is 18.9 Å². The topological polar surface area (TPSA) is 80.8 Å². The van der Waals surface area contributed by atoms with Gasteiger partial charge >= 0.3 is 16.2 Å². The molecule has 6 nitrogen and oxygen atoms in total. The van der Waals surface area contributed by atoms with Gasteiger partial charge in [0.05, 0.1) is 12.9 Å². The number of carbonyl (C=O) groups excluding carboxylic acids is 2. The van der Waals surface area contributed by atoms with E-state index in [0.717, 1.165) is 0 Å². The molecule has 20 heavy (non-hydrogen) atoms. The van der Waals surface area contributed by atoms with Crippen LogP contribution in [0.15, 0.2) is 0 Å². The summed E-state index contributed by atoms with van der Waals surface area (Å²) < 4.78 is 38.6. The number of halogens is 1. The maximum atomic E-state index is 12.7. The number of ether oxygens (including phenoxy) is 1. The molecule has 1 fully saturated rings. The fourth-order valence-corrected chi connectivity index (χ4v) is 3.51. The number of hydrogen-bond donors (Lipinski definition) is 0. The van der Waals surface area contributed by atoms with Crippen molar-refractivity contribution in [3.05, 3.63) is 0 Å². The van der Waals surface area contributed by atoms with Gasteiger partial charge in [-0.1, -0.05) is 0 Å². The minimum Gasteiger partial charge on any atom is -0.467 e. The monoisotopic (exact) mass is 327 g/mol. The molecule has 0 aromatic rings. The van der Waals surface area contributed by atoms with E-state index in [1.807, 2.05) is 6.26 Å². The zero-order valence-electron chi connectivity index (χ0n) is 11.4. The van der Waals surface area contributed by atoms with Gasteiger partial charge in [-0.15, -0.1) is 3.89 Å². The zero-order chi connectivity index (χ0) is 15.3. The third kappa shape index (κ3) is 4.93. The second-order valence-electron chi connectivity index (χ2n) is 4.64. The summed E-state index contributed by atoms with van der Waals surface area (Å²) in [5, 5.41) is 0. The van der Waals surface area contributed by atoms with Crippen molar-refractivity contribution in [3.8, 4) is 0 Å². The number of thioether (sulfide) groups is 1. The van der Waals surface area contributed by atoms with Crippen LogP contribution in [0, 0.1) is 5.92 Å². The van der Waals surface area contributed by atoms with Gasteiger partial charge in [0.1, 0.15) is 6.04 Å². The Hall–Kier alpha value is -0.830. The van der Waals surface area contributed by atoms with E-state index in [4.69, 9.17) is 0 Å². The molecule has 0 N–H and O–H groups in total. The molecular formula is C11H18FNO5S2. The van der Waals surface area contributed by atoms with Crippen LogP contribution in [0.2, 0.25) is 0 Å². The Labute approximate surface area is 122 Å². The second kappa shape index (κ2) is 7.26. The van der Waals surface area contributed by atoms with Gasteiger partial charge in [-0.3, -0.25) is 4.79 Å². The van der Waals surface area contributed by atoms with Gasteiger partial charge in [0.15, 0.2) is 0 Å². The molecule has 0 aromatic carbocycles. The Bertz CT molecular complexity index is 467. The minimum atomic E-state index is -4.62. The maximum absolute atomic E-state index is 12.7. The molecule has 0 aliphatic carbocycles. The standard InChI is InChI=1S/C11H18FNO5S2/c1-18-11(15)9(3-4-19-2)13-6-8(5-10(13)14)7-20(12,16)17/h8-9H,3-7H2,1-2H3. The summed E-state index contributed by atoms with van der Waals surface area (Å²) in [6, 6.07) is -0.729. The van der Waals surface area contributed by atoms with E-state index in [1.54, 1.807) is 0 Å². The van der Waals surface area contributed by atoms with Crippen molar-refractivity contribution in [2.75, 3.05) is 31.4 Å². The van der Waals surface area contributed by atoms with E-state index in [-0.39, 0.29) is 18.9 Å². The lowest BCUT2D eigenvalue weighted by Crippen LogP contribution is -2.43. The number of rotatable bonds is 7. The van der Waals surface area contributed by atoms with Crippen molar-refractivity contribution in [1.82, 2.24) is 4.90 Å². The summed E-state index contributed by atoms with van der Waals surface area (Å²) in [6.07, 6.45) is 2.24. The van der Waals surface area contributed by atoms with Crippen LogP contribution in [-0.4, -0.2) is 62.7 Å². The van der Waals surface area contributed by atoms with Gasteiger partial charge in [0, 0.05) is 18.9 Å². The van der Waals surface area contributed by atoms with Gasteiger partial charge < -0.3 is 9.64 Å². The number of esters is 1. The summed E-state index contributed by atoms with van der Waals surface area (Å²) in [6.45, 7) is 0.0656. The molecule has 1 heterocycles. The SMILES string of the molecule is COC(=O)C(CCSC)N1CC(CS(=O)(=O)F)CC1=O. The van der Waals surface area contributed by atoms with E-state index in [2.05, 4.69) is 4.74 Å². The van der Waals surface area contributed by atoms with E-state index >= 15 is 0 Å². The van der Waals surface area contributed by atoms with Crippen LogP contribution >= 0.6 is 11.8 Å². The number of amides is 1. The molecule has 1 saturated heterocycles. The molecule has 0 radical (unpaired) electrons. The Morgan fingerprint density at radius 1 is 1.60 bits per heavy atom. The highest BCUT2D eigenvalue weighted by atomic mass is 32.3. The lowest BCUT2D eigenvalue weighted by Gasteiger charge is -2.25. The van der Waals surface area contributed by atoms with Crippen LogP contribution in [0.25, 0.3) is 0 Å². The van der Waals surface area contributed by atoms with Crippen LogP contribution in [0.4, 0.5) is 3.89 Å². The highest BCUT2D eigenvalue weighted by Gasteiger charge is 2.39. The van der Waals surface area contributed by atoms with Crippen LogP contribution in [0.1, 0.15) is 12.8 Å². The zero-order valence-corrected chi connectivity index (χ0v) is 13.0. The quantitative estimate of drug-likeness (QED) is 0.498. The average molecular weight is 327 g/mol. The van der Waals surface area contributed by atoms with Crippen LogP contribution in [-0.2, 0) is 24.5 Å². The van der Waals surface area contributed by atoms with Crippen LogP contribution < -0.4 is 0 Å². The number of likely N-dealkylation sites (tertiary alicyclic amines) is 1. The first-order valence-electron chi connectivity index (χ1n) is 6.07. The molecule has 116 valence electrons. The van der Waals surface area contributed by atoms with Crippen molar-refractivity contribution >= 4 is 33.9 Å². The third-order valence-corrected chi connectivity index (χ3v) is 4.63. The van der Waals surface area contributed by atoms with Gasteiger partial charge in [0.2, 0.25) is 5.91 Å². The molecule has 0 spiro atoms. The lowest BCUT2D eigenvalue weighted by molar-refractivity contribution is -0.151.